The maximum Gasteiger partial charge on any atom is 0.433 e. The number of carbonyl (C=O) groups is 2. The molecule has 0 saturated heterocycles. The topological polar surface area (TPSA) is 93.8 Å². The lowest BCUT2D eigenvalue weighted by Gasteiger charge is -2.11. The van der Waals surface area contributed by atoms with Gasteiger partial charge in [0.15, 0.2) is 5.69 Å². The lowest BCUT2D eigenvalue weighted by molar-refractivity contribution is -0.144. The van der Waals surface area contributed by atoms with Gasteiger partial charge in [-0.3, -0.25) is 19.0 Å². The fraction of sp³-hybridized carbons (Fsp3) is 0.222. The van der Waals surface area contributed by atoms with Crippen LogP contribution in [0.15, 0.2) is 42.6 Å². The van der Waals surface area contributed by atoms with Crippen molar-refractivity contribution >= 4 is 23.2 Å². The van der Waals surface area contributed by atoms with Crippen LogP contribution < -0.4 is 10.6 Å². The largest absolute Gasteiger partial charge is 0.433 e. The fourth-order valence-corrected chi connectivity index (χ4v) is 2.64. The molecule has 0 fully saturated rings. The molecule has 0 aliphatic rings. The van der Waals surface area contributed by atoms with E-state index in [4.69, 9.17) is 0 Å². The third kappa shape index (κ3) is 5.00. The minimum atomic E-state index is -4.61. The molecule has 0 radical (unpaired) electrons. The van der Waals surface area contributed by atoms with Gasteiger partial charge in [-0.05, 0) is 37.3 Å². The summed E-state index contributed by atoms with van der Waals surface area (Å²) in [7, 11) is 1.68. The Morgan fingerprint density at radius 3 is 2.38 bits per heavy atom. The van der Waals surface area contributed by atoms with Crippen molar-refractivity contribution in [1.29, 1.82) is 0 Å². The molecule has 0 aliphatic carbocycles. The van der Waals surface area contributed by atoms with Crippen LogP contribution in [0.2, 0.25) is 0 Å². The molecule has 152 valence electrons. The van der Waals surface area contributed by atoms with Crippen molar-refractivity contribution in [3.8, 4) is 0 Å². The van der Waals surface area contributed by atoms with Gasteiger partial charge in [-0.15, -0.1) is 0 Å². The molecule has 2 heterocycles. The van der Waals surface area contributed by atoms with E-state index in [1.165, 1.54) is 17.7 Å². The molecule has 1 aromatic carbocycles. The number of halogens is 3. The zero-order chi connectivity index (χ0) is 21.2. The zero-order valence-corrected chi connectivity index (χ0v) is 15.5. The predicted octanol–water partition coefficient (Wildman–Crippen LogP) is 2.83. The number of amides is 2. The van der Waals surface area contributed by atoms with Gasteiger partial charge >= 0.3 is 6.18 Å². The minimum Gasteiger partial charge on any atom is -0.324 e. The fourth-order valence-electron chi connectivity index (χ4n) is 2.64. The van der Waals surface area contributed by atoms with Crippen LogP contribution in [-0.4, -0.2) is 31.4 Å². The molecule has 0 saturated carbocycles. The highest BCUT2D eigenvalue weighted by Crippen LogP contribution is 2.29. The number of aromatic nitrogens is 4. The van der Waals surface area contributed by atoms with Crippen molar-refractivity contribution in [2.45, 2.75) is 19.6 Å². The van der Waals surface area contributed by atoms with Crippen LogP contribution >= 0.6 is 0 Å². The van der Waals surface area contributed by atoms with Gasteiger partial charge in [0.1, 0.15) is 12.2 Å². The Morgan fingerprint density at radius 1 is 1.07 bits per heavy atom. The first-order valence-electron chi connectivity index (χ1n) is 8.44. The molecule has 0 spiro atoms. The molecular weight excluding hydrogens is 389 g/mol. The maximum absolute atomic E-state index is 13.0. The number of carbonyl (C=O) groups excluding carboxylic acids is 2. The molecule has 11 heteroatoms. The Bertz CT molecular complexity index is 1050. The molecule has 8 nitrogen and oxygen atoms in total. The van der Waals surface area contributed by atoms with Gasteiger partial charge in [0.2, 0.25) is 5.91 Å². The van der Waals surface area contributed by atoms with E-state index >= 15 is 0 Å². The summed E-state index contributed by atoms with van der Waals surface area (Å²) in [6.45, 7) is 0.810. The van der Waals surface area contributed by atoms with Gasteiger partial charge in [0, 0.05) is 24.6 Å². The van der Waals surface area contributed by atoms with Gasteiger partial charge in [-0.2, -0.15) is 23.4 Å². The molecule has 0 bridgehead atoms. The summed E-state index contributed by atoms with van der Waals surface area (Å²) in [5.41, 5.74) is 0.0807. The van der Waals surface area contributed by atoms with Crippen LogP contribution in [-0.2, 0) is 24.6 Å². The Kier molecular flexibility index (Phi) is 5.39. The normalized spacial score (nSPS) is 11.3. The minimum absolute atomic E-state index is 0.157. The van der Waals surface area contributed by atoms with Crippen LogP contribution in [0.1, 0.15) is 21.9 Å². The van der Waals surface area contributed by atoms with Gasteiger partial charge in [-0.25, -0.2) is 0 Å². The number of alkyl halides is 3. The van der Waals surface area contributed by atoms with E-state index in [0.717, 1.165) is 6.07 Å². The third-order valence-corrected chi connectivity index (χ3v) is 3.84. The van der Waals surface area contributed by atoms with E-state index < -0.39 is 30.2 Å². The first-order chi connectivity index (χ1) is 13.6. The number of hydrogen-bond donors (Lipinski definition) is 2. The number of nitrogens with one attached hydrogen (secondary N) is 2. The smallest absolute Gasteiger partial charge is 0.324 e. The Morgan fingerprint density at radius 2 is 1.76 bits per heavy atom. The van der Waals surface area contributed by atoms with Crippen LogP contribution in [0.3, 0.4) is 0 Å². The second-order valence-electron chi connectivity index (χ2n) is 6.28. The third-order valence-electron chi connectivity index (χ3n) is 3.84. The molecule has 3 aromatic rings. The van der Waals surface area contributed by atoms with E-state index in [1.54, 1.807) is 37.5 Å². The molecule has 2 aromatic heterocycles. The van der Waals surface area contributed by atoms with E-state index in [0.29, 0.717) is 16.1 Å². The van der Waals surface area contributed by atoms with Crippen molar-refractivity contribution < 1.29 is 22.8 Å². The number of anilines is 2. The van der Waals surface area contributed by atoms with Crippen LogP contribution in [0.5, 0.6) is 0 Å². The number of aryl methyl sites for hydroxylation is 2. The zero-order valence-electron chi connectivity index (χ0n) is 15.5. The van der Waals surface area contributed by atoms with Gasteiger partial charge in [0.25, 0.3) is 5.91 Å². The summed E-state index contributed by atoms with van der Waals surface area (Å²) in [6, 6.07) is 8.65. The van der Waals surface area contributed by atoms with Crippen LogP contribution in [0.25, 0.3) is 0 Å². The Hall–Kier alpha value is -3.63. The molecule has 0 atom stereocenters. The highest BCUT2D eigenvalue weighted by Gasteiger charge is 2.35. The summed E-state index contributed by atoms with van der Waals surface area (Å²) in [4.78, 5) is 24.3. The van der Waals surface area contributed by atoms with Crippen molar-refractivity contribution in [2.24, 2.45) is 7.05 Å². The average molecular weight is 406 g/mol. The molecule has 2 amide bonds. The number of nitrogens with zero attached hydrogens (tertiary/aromatic N) is 4. The molecule has 3 rings (SSSR count). The quantitative estimate of drug-likeness (QED) is 0.681. The monoisotopic (exact) mass is 406 g/mol. The first kappa shape index (κ1) is 20.1. The average Bonchev–Trinajstić information content (AvgIpc) is 3.20. The summed E-state index contributed by atoms with van der Waals surface area (Å²) >= 11 is 0. The Labute approximate surface area is 163 Å². The van der Waals surface area contributed by atoms with E-state index in [9.17, 15) is 22.8 Å². The van der Waals surface area contributed by atoms with Gasteiger partial charge in [0.05, 0.1) is 5.69 Å². The molecule has 2 N–H and O–H groups in total. The number of rotatable bonds is 5. The molecule has 0 aliphatic heterocycles. The second-order valence-corrected chi connectivity index (χ2v) is 6.28. The van der Waals surface area contributed by atoms with E-state index in [2.05, 4.69) is 20.8 Å². The van der Waals surface area contributed by atoms with Crippen molar-refractivity contribution in [2.75, 3.05) is 10.6 Å². The van der Waals surface area contributed by atoms with Gasteiger partial charge < -0.3 is 10.6 Å². The van der Waals surface area contributed by atoms with Gasteiger partial charge in [-0.1, -0.05) is 6.07 Å². The SMILES string of the molecule is Cc1cc(C(F)(F)F)n(CC(=O)Nc2cccc(NC(=O)c3ccn(C)n3)c2)n1. The number of benzene rings is 1. The van der Waals surface area contributed by atoms with E-state index in [1.807, 2.05) is 0 Å². The lowest BCUT2D eigenvalue weighted by atomic mass is 10.2. The van der Waals surface area contributed by atoms with Crippen molar-refractivity contribution in [1.82, 2.24) is 19.6 Å². The number of hydrogen-bond acceptors (Lipinski definition) is 4. The van der Waals surface area contributed by atoms with Crippen molar-refractivity contribution in [3.05, 3.63) is 59.7 Å². The maximum atomic E-state index is 13.0. The summed E-state index contributed by atoms with van der Waals surface area (Å²) in [5.74, 6) is -1.12. The lowest BCUT2D eigenvalue weighted by Crippen LogP contribution is -2.23. The van der Waals surface area contributed by atoms with E-state index in [-0.39, 0.29) is 11.4 Å². The molecule has 0 unspecified atom stereocenters. The summed E-state index contributed by atoms with van der Waals surface area (Å²) in [6.07, 6.45) is -2.99. The Balaban J connectivity index is 1.67. The molecular formula is C18H17F3N6O2. The predicted molar refractivity (Wildman–Crippen MR) is 98.2 cm³/mol. The van der Waals surface area contributed by atoms with Crippen LogP contribution in [0.4, 0.5) is 24.5 Å². The first-order valence-corrected chi connectivity index (χ1v) is 8.44. The highest BCUT2D eigenvalue weighted by molar-refractivity contribution is 6.03. The molecule has 29 heavy (non-hydrogen) atoms. The second kappa shape index (κ2) is 7.78. The highest BCUT2D eigenvalue weighted by atomic mass is 19.4. The summed E-state index contributed by atoms with van der Waals surface area (Å²) < 4.78 is 41.1. The van der Waals surface area contributed by atoms with Crippen LogP contribution in [0, 0.1) is 6.92 Å². The standard InChI is InChI=1S/C18H17F3N6O2/c1-11-8-15(18(19,20)21)27(24-11)10-16(28)22-12-4-3-5-13(9-12)23-17(29)14-6-7-26(2)25-14/h3-9H,10H2,1-2H3,(H,22,28)(H,23,29). The van der Waals surface area contributed by atoms with Crippen molar-refractivity contribution in [3.63, 3.8) is 0 Å². The summed E-state index contributed by atoms with van der Waals surface area (Å²) in [5, 5.41) is 12.8.